The van der Waals surface area contributed by atoms with Crippen molar-refractivity contribution in [1.82, 2.24) is 0 Å². The Morgan fingerprint density at radius 2 is 1.67 bits per heavy atom. The Morgan fingerprint density at radius 1 is 1.05 bits per heavy atom. The van der Waals surface area contributed by atoms with Gasteiger partial charge in [0, 0.05) is 6.07 Å². The van der Waals surface area contributed by atoms with Gasteiger partial charge in [-0.15, -0.1) is 0 Å². The van der Waals surface area contributed by atoms with Crippen LogP contribution in [0.5, 0.6) is 5.75 Å². The van der Waals surface area contributed by atoms with Crippen LogP contribution < -0.4 is 4.18 Å². The van der Waals surface area contributed by atoms with Crippen LogP contribution in [0, 0.1) is 24.0 Å². The molecule has 0 aliphatic carbocycles. The van der Waals surface area contributed by atoms with Crippen LogP contribution in [-0.2, 0) is 10.1 Å². The van der Waals surface area contributed by atoms with E-state index in [2.05, 4.69) is 0 Å². The lowest BCUT2D eigenvalue weighted by Gasteiger charge is -2.09. The highest BCUT2D eigenvalue weighted by atomic mass is 32.2. The van der Waals surface area contributed by atoms with Crippen molar-refractivity contribution in [2.24, 2.45) is 0 Å². The molecule has 7 heteroatoms. The quantitative estimate of drug-likeness (QED) is 0.492. The molecule has 0 spiro atoms. The van der Waals surface area contributed by atoms with Crippen LogP contribution in [0.25, 0.3) is 0 Å². The Hall–Kier alpha value is -2.41. The molecule has 0 saturated heterocycles. The minimum Gasteiger partial charge on any atom is -0.378 e. The average Bonchev–Trinajstić information content (AvgIpc) is 2.41. The summed E-state index contributed by atoms with van der Waals surface area (Å²) < 4.78 is 29.3. The number of rotatable bonds is 4. The highest BCUT2D eigenvalue weighted by Gasteiger charge is 2.19. The smallest absolute Gasteiger partial charge is 0.339 e. The first kappa shape index (κ1) is 15.0. The molecule has 2 rings (SSSR count). The summed E-state index contributed by atoms with van der Waals surface area (Å²) in [6.45, 7) is 3.45. The second kappa shape index (κ2) is 5.53. The van der Waals surface area contributed by atoms with Crippen molar-refractivity contribution in [2.75, 3.05) is 0 Å². The lowest BCUT2D eigenvalue weighted by molar-refractivity contribution is -0.384. The van der Waals surface area contributed by atoms with E-state index >= 15 is 0 Å². The topological polar surface area (TPSA) is 86.5 Å². The largest absolute Gasteiger partial charge is 0.378 e. The van der Waals surface area contributed by atoms with Gasteiger partial charge in [0.1, 0.15) is 4.90 Å². The molecular weight excluding hydrogens is 294 g/mol. The first-order chi connectivity index (χ1) is 9.79. The van der Waals surface area contributed by atoms with E-state index in [9.17, 15) is 18.5 Å². The van der Waals surface area contributed by atoms with E-state index in [1.165, 1.54) is 24.3 Å². The van der Waals surface area contributed by atoms with E-state index in [1.54, 1.807) is 19.1 Å². The van der Waals surface area contributed by atoms with Gasteiger partial charge in [0.2, 0.25) is 0 Å². The minimum atomic E-state index is -4.02. The molecule has 2 aromatic rings. The van der Waals surface area contributed by atoms with Gasteiger partial charge in [-0.3, -0.25) is 10.1 Å². The number of nitro benzene ring substituents is 1. The Bertz CT molecular complexity index is 782. The molecule has 0 amide bonds. The van der Waals surface area contributed by atoms with Gasteiger partial charge in [0.25, 0.3) is 5.69 Å². The van der Waals surface area contributed by atoms with Crippen LogP contribution in [0.4, 0.5) is 5.69 Å². The average molecular weight is 307 g/mol. The van der Waals surface area contributed by atoms with E-state index in [1.807, 2.05) is 6.92 Å². The predicted octanol–water partition coefficient (Wildman–Crippen LogP) is 2.98. The third-order valence-corrected chi connectivity index (χ3v) is 4.14. The predicted molar refractivity (Wildman–Crippen MR) is 76.8 cm³/mol. The second-order valence-electron chi connectivity index (χ2n) is 4.56. The van der Waals surface area contributed by atoms with E-state index in [4.69, 9.17) is 4.18 Å². The molecule has 110 valence electrons. The van der Waals surface area contributed by atoms with Crippen LogP contribution >= 0.6 is 0 Å². The maximum Gasteiger partial charge on any atom is 0.339 e. The molecule has 0 fully saturated rings. The maximum absolute atomic E-state index is 12.2. The minimum absolute atomic E-state index is 0.000920. The van der Waals surface area contributed by atoms with Crippen molar-refractivity contribution < 1.29 is 17.5 Å². The Balaban J connectivity index is 2.38. The number of nitro groups is 1. The van der Waals surface area contributed by atoms with Gasteiger partial charge in [-0.25, -0.2) is 0 Å². The fourth-order valence-electron chi connectivity index (χ4n) is 1.66. The summed E-state index contributed by atoms with van der Waals surface area (Å²) in [7, 11) is -4.02. The summed E-state index contributed by atoms with van der Waals surface area (Å²) in [5.74, 6) is -0.0511. The highest BCUT2D eigenvalue weighted by Crippen LogP contribution is 2.27. The van der Waals surface area contributed by atoms with Crippen LogP contribution in [0.15, 0.2) is 47.4 Å². The molecule has 0 saturated carbocycles. The van der Waals surface area contributed by atoms with Crippen molar-refractivity contribution in [3.63, 3.8) is 0 Å². The van der Waals surface area contributed by atoms with Crippen molar-refractivity contribution in [1.29, 1.82) is 0 Å². The normalized spacial score (nSPS) is 11.1. The first-order valence-electron chi connectivity index (χ1n) is 6.06. The van der Waals surface area contributed by atoms with Crippen LogP contribution in [0.2, 0.25) is 0 Å². The number of aryl methyl sites for hydroxylation is 2. The molecule has 0 heterocycles. The maximum atomic E-state index is 12.2. The summed E-state index contributed by atoms with van der Waals surface area (Å²) >= 11 is 0. The molecule has 0 aliphatic rings. The van der Waals surface area contributed by atoms with Crippen molar-refractivity contribution in [3.05, 3.63) is 63.7 Å². The van der Waals surface area contributed by atoms with Gasteiger partial charge in [-0.2, -0.15) is 8.42 Å². The standard InChI is InChI=1S/C14H13NO5S/c1-10-3-7-13(8-4-10)21(18,19)20-14-9-12(15(16)17)6-5-11(14)2/h3-9H,1-2H3. The second-order valence-corrected chi connectivity index (χ2v) is 6.10. The summed E-state index contributed by atoms with van der Waals surface area (Å²) in [4.78, 5) is 10.1. The first-order valence-corrected chi connectivity index (χ1v) is 7.46. The van der Waals surface area contributed by atoms with Gasteiger partial charge < -0.3 is 4.18 Å². The Kier molecular flexibility index (Phi) is 3.95. The molecule has 6 nitrogen and oxygen atoms in total. The molecule has 0 aliphatic heterocycles. The van der Waals surface area contributed by atoms with Gasteiger partial charge in [0.15, 0.2) is 5.75 Å². The lowest BCUT2D eigenvalue weighted by atomic mass is 10.2. The lowest BCUT2D eigenvalue weighted by Crippen LogP contribution is -2.10. The molecule has 0 aromatic heterocycles. The highest BCUT2D eigenvalue weighted by molar-refractivity contribution is 7.87. The molecule has 0 radical (unpaired) electrons. The van der Waals surface area contributed by atoms with Crippen LogP contribution in [0.1, 0.15) is 11.1 Å². The fraction of sp³-hybridized carbons (Fsp3) is 0.143. The molecular formula is C14H13NO5S. The van der Waals surface area contributed by atoms with Crippen LogP contribution in [0.3, 0.4) is 0 Å². The number of hydrogen-bond acceptors (Lipinski definition) is 5. The van der Waals surface area contributed by atoms with Crippen molar-refractivity contribution in [2.45, 2.75) is 18.7 Å². The number of benzene rings is 2. The number of hydrogen-bond donors (Lipinski definition) is 0. The Labute approximate surface area is 122 Å². The zero-order valence-corrected chi connectivity index (χ0v) is 12.3. The Morgan fingerprint density at radius 3 is 2.24 bits per heavy atom. The molecule has 0 atom stereocenters. The molecule has 21 heavy (non-hydrogen) atoms. The van der Waals surface area contributed by atoms with Crippen LogP contribution in [-0.4, -0.2) is 13.3 Å². The van der Waals surface area contributed by atoms with E-state index in [0.717, 1.165) is 11.6 Å². The monoisotopic (exact) mass is 307 g/mol. The van der Waals surface area contributed by atoms with Crippen molar-refractivity contribution >= 4 is 15.8 Å². The summed E-state index contributed by atoms with van der Waals surface area (Å²) in [5.41, 5.74) is 1.19. The fourth-order valence-corrected chi connectivity index (χ4v) is 2.64. The summed E-state index contributed by atoms with van der Waals surface area (Å²) in [6, 6.07) is 9.99. The van der Waals surface area contributed by atoms with E-state index in [-0.39, 0.29) is 16.3 Å². The molecule has 0 bridgehead atoms. The molecule has 0 unspecified atom stereocenters. The van der Waals surface area contributed by atoms with E-state index in [0.29, 0.717) is 5.56 Å². The van der Waals surface area contributed by atoms with Gasteiger partial charge in [0.05, 0.1) is 11.0 Å². The van der Waals surface area contributed by atoms with Gasteiger partial charge >= 0.3 is 10.1 Å². The number of non-ortho nitro benzene ring substituents is 1. The third-order valence-electron chi connectivity index (χ3n) is 2.89. The summed E-state index contributed by atoms with van der Waals surface area (Å²) in [5, 5.41) is 10.7. The van der Waals surface area contributed by atoms with E-state index < -0.39 is 15.0 Å². The zero-order valence-electron chi connectivity index (χ0n) is 11.4. The van der Waals surface area contributed by atoms with Gasteiger partial charge in [-0.05, 0) is 37.6 Å². The summed E-state index contributed by atoms with van der Waals surface area (Å²) in [6.07, 6.45) is 0. The molecule has 0 N–H and O–H groups in total. The number of nitrogens with zero attached hydrogens (tertiary/aromatic N) is 1. The van der Waals surface area contributed by atoms with Gasteiger partial charge in [-0.1, -0.05) is 17.7 Å². The third kappa shape index (κ3) is 3.38. The molecule has 2 aromatic carbocycles. The van der Waals surface area contributed by atoms with Crippen molar-refractivity contribution in [3.8, 4) is 5.75 Å². The zero-order chi connectivity index (χ0) is 15.6. The SMILES string of the molecule is Cc1ccc(S(=O)(=O)Oc2cc([N+](=O)[O-])ccc2C)cc1.